The average Bonchev–Trinajstić information content (AvgIpc) is 3.09. The number of hydrazone groups is 1. The van der Waals surface area contributed by atoms with Crippen LogP contribution in [0.5, 0.6) is 0 Å². The number of rotatable bonds is 4. The fourth-order valence-corrected chi connectivity index (χ4v) is 3.75. The highest BCUT2D eigenvalue weighted by Gasteiger charge is 2.27. The van der Waals surface area contributed by atoms with Crippen molar-refractivity contribution in [2.75, 3.05) is 5.01 Å². The van der Waals surface area contributed by atoms with E-state index in [9.17, 15) is 14.0 Å². The number of benzene rings is 1. The van der Waals surface area contributed by atoms with Crippen LogP contribution in [0.15, 0.2) is 45.0 Å². The first kappa shape index (κ1) is 20.1. The molecule has 0 saturated carbocycles. The van der Waals surface area contributed by atoms with Crippen molar-refractivity contribution in [1.82, 2.24) is 18.7 Å². The molecule has 0 saturated heterocycles. The van der Waals surface area contributed by atoms with Crippen molar-refractivity contribution in [2.45, 2.75) is 33.5 Å². The summed E-state index contributed by atoms with van der Waals surface area (Å²) < 4.78 is 18.6. The van der Waals surface area contributed by atoms with Crippen LogP contribution in [0.4, 0.5) is 10.3 Å². The second kappa shape index (κ2) is 7.56. The molecule has 0 unspecified atom stereocenters. The zero-order valence-electron chi connectivity index (χ0n) is 16.8. The molecule has 0 atom stereocenters. The monoisotopic (exact) mass is 430 g/mol. The van der Waals surface area contributed by atoms with Gasteiger partial charge in [-0.1, -0.05) is 29.8 Å². The minimum absolute atomic E-state index is 0.0346. The lowest BCUT2D eigenvalue weighted by atomic mass is 10.2. The molecule has 30 heavy (non-hydrogen) atoms. The summed E-state index contributed by atoms with van der Waals surface area (Å²) in [5.41, 5.74) is 0.658. The van der Waals surface area contributed by atoms with Crippen molar-refractivity contribution in [3.05, 3.63) is 67.6 Å². The number of aryl methyl sites for hydroxylation is 1. The number of anilines is 1. The van der Waals surface area contributed by atoms with Gasteiger partial charge in [-0.05, 0) is 26.0 Å². The largest absolute Gasteiger partial charge is 0.332 e. The lowest BCUT2D eigenvalue weighted by Gasteiger charge is -2.25. The third kappa shape index (κ3) is 3.15. The second-order valence-corrected chi connectivity index (χ2v) is 7.50. The number of allylic oxidation sites excluding steroid dienone is 2. The summed E-state index contributed by atoms with van der Waals surface area (Å²) in [6.45, 7) is 4.17. The van der Waals surface area contributed by atoms with E-state index in [-0.39, 0.29) is 29.3 Å². The normalized spacial score (nSPS) is 13.9. The molecule has 3 heterocycles. The van der Waals surface area contributed by atoms with E-state index in [0.717, 1.165) is 4.57 Å². The van der Waals surface area contributed by atoms with E-state index in [0.29, 0.717) is 23.7 Å². The smallest absolute Gasteiger partial charge is 0.297 e. The van der Waals surface area contributed by atoms with Crippen LogP contribution in [-0.2, 0) is 26.7 Å². The maximum absolute atomic E-state index is 14.3. The molecule has 1 aliphatic heterocycles. The van der Waals surface area contributed by atoms with E-state index < -0.39 is 17.1 Å². The van der Waals surface area contributed by atoms with E-state index in [1.54, 1.807) is 29.8 Å². The van der Waals surface area contributed by atoms with Crippen molar-refractivity contribution < 1.29 is 4.39 Å². The van der Waals surface area contributed by atoms with E-state index in [1.165, 1.54) is 21.7 Å². The molecule has 10 heteroatoms. The zero-order chi connectivity index (χ0) is 21.6. The molecular formula is C20H20ClFN6O2. The number of hydrogen-bond acceptors (Lipinski definition) is 5. The Morgan fingerprint density at radius 2 is 2.07 bits per heavy atom. The molecule has 4 rings (SSSR count). The van der Waals surface area contributed by atoms with Crippen molar-refractivity contribution in [3.8, 4) is 0 Å². The number of nitrogens with zero attached hydrogens (tertiary/aromatic N) is 6. The minimum Gasteiger partial charge on any atom is -0.297 e. The van der Waals surface area contributed by atoms with Crippen LogP contribution in [0.3, 0.4) is 0 Å². The summed E-state index contributed by atoms with van der Waals surface area (Å²) in [5, 5.41) is 6.26. The van der Waals surface area contributed by atoms with Gasteiger partial charge in [0.15, 0.2) is 11.2 Å². The van der Waals surface area contributed by atoms with Gasteiger partial charge in [-0.3, -0.25) is 18.5 Å². The first-order chi connectivity index (χ1) is 14.3. The summed E-state index contributed by atoms with van der Waals surface area (Å²) in [4.78, 5) is 30.3. The van der Waals surface area contributed by atoms with E-state index in [1.807, 2.05) is 13.8 Å². The third-order valence-electron chi connectivity index (χ3n) is 5.01. The van der Waals surface area contributed by atoms with Gasteiger partial charge in [0.05, 0.1) is 18.8 Å². The predicted octanol–water partition coefficient (Wildman–Crippen LogP) is 2.66. The Labute approximate surface area is 176 Å². The molecule has 0 amide bonds. The molecular weight excluding hydrogens is 411 g/mol. The Kier molecular flexibility index (Phi) is 5.07. The molecule has 0 radical (unpaired) electrons. The van der Waals surface area contributed by atoms with Gasteiger partial charge in [-0.2, -0.15) is 10.1 Å². The van der Waals surface area contributed by atoms with Gasteiger partial charge in [0.1, 0.15) is 5.82 Å². The zero-order valence-corrected chi connectivity index (χ0v) is 17.5. The Balaban J connectivity index is 1.92. The van der Waals surface area contributed by atoms with E-state index >= 15 is 0 Å². The van der Waals surface area contributed by atoms with Gasteiger partial charge in [0, 0.05) is 24.2 Å². The van der Waals surface area contributed by atoms with E-state index in [2.05, 4.69) is 10.1 Å². The lowest BCUT2D eigenvalue weighted by Crippen LogP contribution is -2.39. The number of aromatic nitrogens is 4. The molecule has 1 aromatic carbocycles. The molecule has 0 aliphatic carbocycles. The van der Waals surface area contributed by atoms with Gasteiger partial charge in [-0.15, -0.1) is 0 Å². The van der Waals surface area contributed by atoms with Gasteiger partial charge in [0.2, 0.25) is 5.95 Å². The summed E-state index contributed by atoms with van der Waals surface area (Å²) >= 11 is 6.18. The molecule has 8 nitrogen and oxygen atoms in total. The van der Waals surface area contributed by atoms with Crippen LogP contribution in [-0.4, -0.2) is 24.4 Å². The summed E-state index contributed by atoms with van der Waals surface area (Å²) in [6.07, 6.45) is 3.51. The lowest BCUT2D eigenvalue weighted by molar-refractivity contribution is 0.600. The molecule has 0 bridgehead atoms. The molecule has 0 N–H and O–H groups in total. The highest BCUT2D eigenvalue weighted by molar-refractivity contribution is 6.31. The van der Waals surface area contributed by atoms with Crippen molar-refractivity contribution in [1.29, 1.82) is 0 Å². The minimum atomic E-state index is -0.456. The SMILES string of the molecule is CC=CCn1c(=O)c2c(nc3n2CC(C)=NN3Cc2c(F)cccc2Cl)n(C)c1=O. The standard InChI is InChI=1S/C20H20ClFN6O2/c1-4-5-9-26-18(29)16-17(25(3)20(26)30)23-19-27(16)10-12(2)24-28(19)11-13-14(21)7-6-8-15(13)22/h4-8H,9-11H2,1-3H3. The average molecular weight is 431 g/mol. The van der Waals surface area contributed by atoms with Gasteiger partial charge < -0.3 is 0 Å². The van der Waals surface area contributed by atoms with Crippen molar-refractivity contribution in [3.63, 3.8) is 0 Å². The molecule has 3 aromatic rings. The quantitative estimate of drug-likeness (QED) is 0.596. The van der Waals surface area contributed by atoms with Crippen LogP contribution in [0.2, 0.25) is 5.02 Å². The summed E-state index contributed by atoms with van der Waals surface area (Å²) in [7, 11) is 1.57. The van der Waals surface area contributed by atoms with Gasteiger partial charge >= 0.3 is 5.69 Å². The van der Waals surface area contributed by atoms with Gasteiger partial charge in [-0.25, -0.2) is 14.2 Å². The Morgan fingerprint density at radius 3 is 2.77 bits per heavy atom. The molecule has 0 fully saturated rings. The summed E-state index contributed by atoms with van der Waals surface area (Å²) in [6, 6.07) is 4.46. The van der Waals surface area contributed by atoms with Crippen LogP contribution < -0.4 is 16.3 Å². The highest BCUT2D eigenvalue weighted by Crippen LogP contribution is 2.28. The van der Waals surface area contributed by atoms with Crippen LogP contribution in [0.1, 0.15) is 19.4 Å². The Bertz CT molecular complexity index is 1310. The van der Waals surface area contributed by atoms with Crippen LogP contribution >= 0.6 is 11.6 Å². The number of fused-ring (bicyclic) bond motifs is 3. The maximum Gasteiger partial charge on any atom is 0.332 e. The van der Waals surface area contributed by atoms with Crippen molar-refractivity contribution >= 4 is 34.4 Å². The predicted molar refractivity (Wildman–Crippen MR) is 115 cm³/mol. The molecule has 156 valence electrons. The second-order valence-electron chi connectivity index (χ2n) is 7.09. The fraction of sp³-hybridized carbons (Fsp3) is 0.300. The van der Waals surface area contributed by atoms with E-state index in [4.69, 9.17) is 11.6 Å². The molecule has 0 spiro atoms. The Hall–Kier alpha value is -3.20. The van der Waals surface area contributed by atoms with Crippen LogP contribution in [0.25, 0.3) is 11.2 Å². The molecule has 2 aromatic heterocycles. The maximum atomic E-state index is 14.3. The number of hydrogen-bond donors (Lipinski definition) is 0. The fourth-order valence-electron chi connectivity index (χ4n) is 3.53. The summed E-state index contributed by atoms with van der Waals surface area (Å²) in [5.74, 6) is -0.101. The van der Waals surface area contributed by atoms with Crippen molar-refractivity contribution in [2.24, 2.45) is 12.1 Å². The highest BCUT2D eigenvalue weighted by atomic mass is 35.5. The first-order valence-corrected chi connectivity index (χ1v) is 9.77. The Morgan fingerprint density at radius 1 is 1.30 bits per heavy atom. The first-order valence-electron chi connectivity index (χ1n) is 9.39. The molecule has 1 aliphatic rings. The number of imidazole rings is 1. The third-order valence-corrected chi connectivity index (χ3v) is 5.37. The van der Waals surface area contributed by atoms with Crippen LogP contribution in [0, 0.1) is 5.82 Å². The van der Waals surface area contributed by atoms with Gasteiger partial charge in [0.25, 0.3) is 5.56 Å². The topological polar surface area (TPSA) is 77.4 Å². The number of halogens is 2.